The number of fused-ring (bicyclic) bond motifs is 1. The molecule has 152 valence electrons. The van der Waals surface area contributed by atoms with E-state index in [-0.39, 0.29) is 17.1 Å². The van der Waals surface area contributed by atoms with Crippen molar-refractivity contribution in [3.63, 3.8) is 0 Å². The fourth-order valence-corrected chi connectivity index (χ4v) is 3.37. The maximum absolute atomic E-state index is 12.7. The van der Waals surface area contributed by atoms with Crippen LogP contribution < -0.4 is 25.2 Å². The van der Waals surface area contributed by atoms with E-state index >= 15 is 0 Å². The standard InChI is InChI=1S/C20H20F2N4O3/c1-28-16-4-2-13(10-17(16)29-20(21)22)15-11-19(27)26-12-14(3-5-18(26)24-15)25-8-6-23-7-9-25/h2-5,10-12,20,23H,6-9H2,1H3. The van der Waals surface area contributed by atoms with Crippen molar-refractivity contribution in [1.29, 1.82) is 0 Å². The predicted octanol–water partition coefficient (Wildman–Crippen LogP) is 2.38. The van der Waals surface area contributed by atoms with E-state index in [2.05, 4.69) is 19.9 Å². The van der Waals surface area contributed by atoms with E-state index in [0.717, 1.165) is 31.9 Å². The third kappa shape index (κ3) is 4.00. The van der Waals surface area contributed by atoms with Gasteiger partial charge >= 0.3 is 6.61 Å². The highest BCUT2D eigenvalue weighted by atomic mass is 19.3. The average molecular weight is 402 g/mol. The molecule has 2 aromatic heterocycles. The van der Waals surface area contributed by atoms with E-state index in [4.69, 9.17) is 4.74 Å². The first kappa shape index (κ1) is 19.1. The Kier molecular flexibility index (Phi) is 5.30. The van der Waals surface area contributed by atoms with Gasteiger partial charge in [-0.25, -0.2) is 4.98 Å². The summed E-state index contributed by atoms with van der Waals surface area (Å²) < 4.78 is 36.4. The van der Waals surface area contributed by atoms with Gasteiger partial charge in [0.15, 0.2) is 11.5 Å². The number of anilines is 1. The molecule has 9 heteroatoms. The van der Waals surface area contributed by atoms with Gasteiger partial charge in [0.05, 0.1) is 18.5 Å². The van der Waals surface area contributed by atoms with Crippen molar-refractivity contribution in [3.05, 3.63) is 52.9 Å². The van der Waals surface area contributed by atoms with Gasteiger partial charge < -0.3 is 19.7 Å². The topological polar surface area (TPSA) is 68.1 Å². The molecule has 0 unspecified atom stereocenters. The highest BCUT2D eigenvalue weighted by Gasteiger charge is 2.15. The van der Waals surface area contributed by atoms with Gasteiger partial charge in [-0.05, 0) is 30.3 Å². The van der Waals surface area contributed by atoms with Crippen LogP contribution in [0.3, 0.4) is 0 Å². The van der Waals surface area contributed by atoms with Crippen molar-refractivity contribution in [3.8, 4) is 22.8 Å². The van der Waals surface area contributed by atoms with Gasteiger partial charge in [0.2, 0.25) is 0 Å². The number of piperazine rings is 1. The number of ether oxygens (including phenoxy) is 2. The molecule has 1 saturated heterocycles. The lowest BCUT2D eigenvalue weighted by molar-refractivity contribution is -0.0511. The molecule has 4 rings (SSSR count). The maximum Gasteiger partial charge on any atom is 0.387 e. The zero-order valence-electron chi connectivity index (χ0n) is 15.8. The lowest BCUT2D eigenvalue weighted by Crippen LogP contribution is -2.43. The summed E-state index contributed by atoms with van der Waals surface area (Å²) in [6, 6.07) is 9.62. The van der Waals surface area contributed by atoms with E-state index < -0.39 is 6.61 Å². The summed E-state index contributed by atoms with van der Waals surface area (Å²) >= 11 is 0. The summed E-state index contributed by atoms with van der Waals surface area (Å²) in [5.74, 6) is 0.0586. The van der Waals surface area contributed by atoms with Gasteiger partial charge in [0.25, 0.3) is 5.56 Å². The first-order chi connectivity index (χ1) is 14.0. The summed E-state index contributed by atoms with van der Waals surface area (Å²) in [4.78, 5) is 19.4. The fourth-order valence-electron chi connectivity index (χ4n) is 3.37. The van der Waals surface area contributed by atoms with Gasteiger partial charge in [-0.15, -0.1) is 0 Å². The molecular formula is C20H20F2N4O3. The Morgan fingerprint density at radius 3 is 2.62 bits per heavy atom. The molecular weight excluding hydrogens is 382 g/mol. The molecule has 3 aromatic rings. The van der Waals surface area contributed by atoms with Crippen LogP contribution in [0.1, 0.15) is 0 Å². The summed E-state index contributed by atoms with van der Waals surface area (Å²) in [5, 5.41) is 3.29. The minimum atomic E-state index is -2.99. The molecule has 3 heterocycles. The minimum Gasteiger partial charge on any atom is -0.493 e. The number of nitrogens with one attached hydrogen (secondary N) is 1. The molecule has 0 atom stereocenters. The molecule has 1 aliphatic rings. The maximum atomic E-state index is 12.7. The van der Waals surface area contributed by atoms with E-state index in [1.54, 1.807) is 18.3 Å². The monoisotopic (exact) mass is 402 g/mol. The van der Waals surface area contributed by atoms with Gasteiger partial charge in [-0.1, -0.05) is 0 Å². The summed E-state index contributed by atoms with van der Waals surface area (Å²) in [6.45, 7) is 0.530. The highest BCUT2D eigenvalue weighted by Crippen LogP contribution is 2.33. The van der Waals surface area contributed by atoms with Crippen LogP contribution in [-0.2, 0) is 0 Å². The number of rotatable bonds is 5. The quantitative estimate of drug-likeness (QED) is 0.707. The molecule has 1 N–H and O–H groups in total. The molecule has 0 amide bonds. The Bertz CT molecular complexity index is 1080. The molecule has 0 saturated carbocycles. The molecule has 0 aliphatic carbocycles. The molecule has 7 nitrogen and oxygen atoms in total. The number of hydrogen-bond donors (Lipinski definition) is 1. The molecule has 1 aromatic carbocycles. The number of benzene rings is 1. The number of hydrogen-bond acceptors (Lipinski definition) is 6. The molecule has 0 spiro atoms. The van der Waals surface area contributed by atoms with Gasteiger partial charge in [-0.3, -0.25) is 9.20 Å². The van der Waals surface area contributed by atoms with Crippen LogP contribution in [-0.4, -0.2) is 49.3 Å². The van der Waals surface area contributed by atoms with E-state index in [1.165, 1.54) is 29.7 Å². The Balaban J connectivity index is 1.73. The van der Waals surface area contributed by atoms with Crippen LogP contribution in [0.15, 0.2) is 47.4 Å². The van der Waals surface area contributed by atoms with Crippen molar-refractivity contribution in [1.82, 2.24) is 14.7 Å². The Morgan fingerprint density at radius 1 is 1.10 bits per heavy atom. The molecule has 0 bridgehead atoms. The highest BCUT2D eigenvalue weighted by molar-refractivity contribution is 5.66. The van der Waals surface area contributed by atoms with Crippen molar-refractivity contribution in [2.75, 3.05) is 38.2 Å². The fraction of sp³-hybridized carbons (Fsp3) is 0.300. The van der Waals surface area contributed by atoms with Crippen LogP contribution >= 0.6 is 0 Å². The van der Waals surface area contributed by atoms with Gasteiger partial charge in [0, 0.05) is 44.0 Å². The second-order valence-electron chi connectivity index (χ2n) is 6.58. The van der Waals surface area contributed by atoms with Crippen molar-refractivity contribution >= 4 is 11.3 Å². The average Bonchev–Trinajstić information content (AvgIpc) is 2.73. The van der Waals surface area contributed by atoms with Crippen LogP contribution in [0.25, 0.3) is 16.9 Å². The smallest absolute Gasteiger partial charge is 0.387 e. The summed E-state index contributed by atoms with van der Waals surface area (Å²) in [7, 11) is 1.37. The van der Waals surface area contributed by atoms with Crippen LogP contribution in [0.5, 0.6) is 11.5 Å². The van der Waals surface area contributed by atoms with Crippen LogP contribution in [0, 0.1) is 0 Å². The van der Waals surface area contributed by atoms with Crippen molar-refractivity contribution in [2.24, 2.45) is 0 Å². The zero-order valence-corrected chi connectivity index (χ0v) is 15.8. The predicted molar refractivity (Wildman–Crippen MR) is 105 cm³/mol. The second-order valence-corrected chi connectivity index (χ2v) is 6.58. The molecule has 29 heavy (non-hydrogen) atoms. The van der Waals surface area contributed by atoms with E-state index in [0.29, 0.717) is 16.9 Å². The number of methoxy groups -OCH3 is 1. The largest absolute Gasteiger partial charge is 0.493 e. The first-order valence-corrected chi connectivity index (χ1v) is 9.17. The summed E-state index contributed by atoms with van der Waals surface area (Å²) in [6.07, 6.45) is 1.78. The van der Waals surface area contributed by atoms with Gasteiger partial charge in [0.1, 0.15) is 5.65 Å². The van der Waals surface area contributed by atoms with Crippen LogP contribution in [0.2, 0.25) is 0 Å². The zero-order chi connectivity index (χ0) is 20.4. The van der Waals surface area contributed by atoms with Crippen LogP contribution in [0.4, 0.5) is 14.5 Å². The molecule has 1 fully saturated rings. The number of alkyl halides is 2. The van der Waals surface area contributed by atoms with Gasteiger partial charge in [-0.2, -0.15) is 8.78 Å². The number of halogens is 2. The molecule has 1 aliphatic heterocycles. The second kappa shape index (κ2) is 8.04. The number of pyridine rings is 1. The van der Waals surface area contributed by atoms with Crippen molar-refractivity contribution in [2.45, 2.75) is 6.61 Å². The number of aromatic nitrogens is 2. The lowest BCUT2D eigenvalue weighted by Gasteiger charge is -2.29. The Morgan fingerprint density at radius 2 is 1.90 bits per heavy atom. The first-order valence-electron chi connectivity index (χ1n) is 9.17. The SMILES string of the molecule is COc1ccc(-c2cc(=O)n3cc(N4CCNCC4)ccc3n2)cc1OC(F)F. The van der Waals surface area contributed by atoms with E-state index in [1.807, 2.05) is 6.07 Å². The third-order valence-corrected chi connectivity index (χ3v) is 4.80. The minimum absolute atomic E-state index is 0.115. The Hall–Kier alpha value is -3.20. The van der Waals surface area contributed by atoms with E-state index in [9.17, 15) is 13.6 Å². The molecule has 0 radical (unpaired) electrons. The third-order valence-electron chi connectivity index (χ3n) is 4.80. The normalized spacial score (nSPS) is 14.4. The van der Waals surface area contributed by atoms with Crippen molar-refractivity contribution < 1.29 is 18.3 Å². The summed E-state index contributed by atoms with van der Waals surface area (Å²) in [5.41, 5.74) is 2.01. The Labute approximate surface area is 165 Å². The number of nitrogens with zero attached hydrogens (tertiary/aromatic N) is 3. The lowest BCUT2D eigenvalue weighted by atomic mass is 10.1.